The Morgan fingerprint density at radius 1 is 1.11 bits per heavy atom. The fourth-order valence-electron chi connectivity index (χ4n) is 4.52. The fourth-order valence-corrected chi connectivity index (χ4v) is 4.52. The number of nitrogens with zero attached hydrogens (tertiary/aromatic N) is 2. The number of allylic oxidation sites excluding steroid dienone is 1. The van der Waals surface area contributed by atoms with Crippen molar-refractivity contribution in [1.82, 2.24) is 14.9 Å². The quantitative estimate of drug-likeness (QED) is 0.195. The fraction of sp³-hybridized carbons (Fsp3) is 0.200. The van der Waals surface area contributed by atoms with Crippen LogP contribution in [-0.2, 0) is 11.3 Å². The number of rotatable bonds is 9. The molecule has 0 unspecified atom stereocenters. The number of nitrogens with one attached hydrogen (secondary N) is 1. The molecule has 2 heterocycles. The molecule has 5 aromatic rings. The average molecular weight is 480 g/mol. The lowest BCUT2D eigenvalue weighted by molar-refractivity contribution is -0.116. The number of amides is 1. The smallest absolute Gasteiger partial charge is 0.244 e. The van der Waals surface area contributed by atoms with Gasteiger partial charge in [0.2, 0.25) is 5.91 Å². The lowest BCUT2D eigenvalue weighted by atomic mass is 9.96. The van der Waals surface area contributed by atoms with Crippen LogP contribution in [0.3, 0.4) is 0 Å². The van der Waals surface area contributed by atoms with E-state index in [-0.39, 0.29) is 5.91 Å². The normalized spacial score (nSPS) is 11.8. The lowest BCUT2D eigenvalue weighted by Gasteiger charge is -2.12. The van der Waals surface area contributed by atoms with Gasteiger partial charge in [0.25, 0.3) is 0 Å². The summed E-state index contributed by atoms with van der Waals surface area (Å²) >= 11 is 0. The van der Waals surface area contributed by atoms with Crippen LogP contribution in [-0.4, -0.2) is 28.6 Å². The molecular weight excluding hydrogens is 450 g/mol. The van der Waals surface area contributed by atoms with E-state index in [9.17, 15) is 4.79 Å². The molecule has 0 atom stereocenters. The van der Waals surface area contributed by atoms with Crippen molar-refractivity contribution in [1.29, 1.82) is 0 Å². The summed E-state index contributed by atoms with van der Waals surface area (Å²) in [6, 6.07) is 18.6. The van der Waals surface area contributed by atoms with Crippen LogP contribution in [0.5, 0.6) is 5.75 Å². The molecule has 0 bridgehead atoms. The maximum absolute atomic E-state index is 12.6. The largest absolute Gasteiger partial charge is 0.493 e. The maximum atomic E-state index is 12.6. The molecule has 3 aromatic carbocycles. The Kier molecular flexibility index (Phi) is 6.85. The highest BCUT2D eigenvalue weighted by Gasteiger charge is 2.16. The van der Waals surface area contributed by atoms with Gasteiger partial charge in [-0.25, -0.2) is 4.98 Å². The Morgan fingerprint density at radius 2 is 1.97 bits per heavy atom. The van der Waals surface area contributed by atoms with Crippen molar-refractivity contribution in [3.8, 4) is 16.9 Å². The molecular formula is C30H29N3O3. The molecule has 0 aliphatic heterocycles. The first-order chi connectivity index (χ1) is 17.6. The number of carbonyl (C=O) groups excluding carboxylic acids is 1. The van der Waals surface area contributed by atoms with Crippen molar-refractivity contribution < 1.29 is 13.9 Å². The number of imidazole rings is 1. The summed E-state index contributed by atoms with van der Waals surface area (Å²) in [4.78, 5) is 16.7. The van der Waals surface area contributed by atoms with Gasteiger partial charge in [-0.05, 0) is 48.2 Å². The van der Waals surface area contributed by atoms with Crippen LogP contribution in [0.2, 0.25) is 0 Å². The van der Waals surface area contributed by atoms with E-state index in [4.69, 9.17) is 9.15 Å². The number of ether oxygens (including phenoxy) is 1. The van der Waals surface area contributed by atoms with E-state index >= 15 is 0 Å². The first-order valence-corrected chi connectivity index (χ1v) is 12.2. The third-order valence-corrected chi connectivity index (χ3v) is 6.28. The summed E-state index contributed by atoms with van der Waals surface area (Å²) in [6.45, 7) is 5.80. The molecule has 2 aromatic heterocycles. The van der Waals surface area contributed by atoms with Gasteiger partial charge in [-0.3, -0.25) is 4.79 Å². The molecule has 0 aliphatic carbocycles. The molecule has 6 heteroatoms. The molecule has 0 radical (unpaired) electrons. The number of furan rings is 1. The Bertz CT molecular complexity index is 1520. The molecule has 1 N–H and O–H groups in total. The van der Waals surface area contributed by atoms with Gasteiger partial charge in [-0.1, -0.05) is 42.5 Å². The monoisotopic (exact) mass is 479 g/mol. The second-order valence-electron chi connectivity index (χ2n) is 8.73. The highest BCUT2D eigenvalue weighted by molar-refractivity contribution is 6.06. The Morgan fingerprint density at radius 3 is 2.81 bits per heavy atom. The van der Waals surface area contributed by atoms with E-state index < -0.39 is 0 Å². The SMILES string of the molecule is CCOc1cc2occ(-c3cccc4ccccc34)c2cc1/C(C)=C/C(=O)NCCCn1ccnc1. The highest BCUT2D eigenvalue weighted by atomic mass is 16.5. The average Bonchev–Trinajstić information content (AvgIpc) is 3.56. The second kappa shape index (κ2) is 10.5. The zero-order valence-electron chi connectivity index (χ0n) is 20.5. The predicted molar refractivity (Wildman–Crippen MR) is 144 cm³/mol. The third kappa shape index (κ3) is 4.89. The summed E-state index contributed by atoms with van der Waals surface area (Å²) in [5.74, 6) is 0.577. The first-order valence-electron chi connectivity index (χ1n) is 12.2. The van der Waals surface area contributed by atoms with Crippen LogP contribution in [0.4, 0.5) is 0 Å². The summed E-state index contributed by atoms with van der Waals surface area (Å²) in [5, 5.41) is 6.31. The molecule has 0 spiro atoms. The van der Waals surface area contributed by atoms with E-state index in [1.54, 1.807) is 24.9 Å². The Balaban J connectivity index is 1.44. The van der Waals surface area contributed by atoms with Gasteiger partial charge in [-0.15, -0.1) is 0 Å². The molecule has 182 valence electrons. The zero-order chi connectivity index (χ0) is 24.9. The van der Waals surface area contributed by atoms with Gasteiger partial charge < -0.3 is 19.0 Å². The van der Waals surface area contributed by atoms with Gasteiger partial charge in [0.1, 0.15) is 11.3 Å². The zero-order valence-corrected chi connectivity index (χ0v) is 20.5. The maximum Gasteiger partial charge on any atom is 0.244 e. The molecule has 1 amide bonds. The molecule has 5 rings (SSSR count). The molecule has 36 heavy (non-hydrogen) atoms. The van der Waals surface area contributed by atoms with E-state index in [1.807, 2.05) is 42.8 Å². The minimum absolute atomic E-state index is 0.123. The standard InChI is InChI=1S/C30H29N3O3/c1-3-35-28-18-29-26(27(19-36-29)24-11-6-9-22-8-4-5-10-23(22)24)17-25(28)21(2)16-30(34)32-12-7-14-33-15-13-31-20-33/h4-6,8-11,13,15-20H,3,7,12,14H2,1-2H3,(H,32,34)/b21-16+. The minimum atomic E-state index is -0.123. The van der Waals surface area contributed by atoms with Gasteiger partial charge in [0, 0.05) is 54.1 Å². The molecule has 0 fully saturated rings. The molecule has 0 saturated heterocycles. The van der Waals surface area contributed by atoms with Crippen LogP contribution in [0.25, 0.3) is 38.4 Å². The minimum Gasteiger partial charge on any atom is -0.493 e. The molecule has 6 nitrogen and oxygen atoms in total. The van der Waals surface area contributed by atoms with Gasteiger partial charge in [0.05, 0.1) is 19.2 Å². The number of benzene rings is 3. The van der Waals surface area contributed by atoms with E-state index in [0.29, 0.717) is 18.9 Å². The first kappa shape index (κ1) is 23.4. The van der Waals surface area contributed by atoms with Gasteiger partial charge >= 0.3 is 0 Å². The highest BCUT2D eigenvalue weighted by Crippen LogP contribution is 2.39. The van der Waals surface area contributed by atoms with Crippen LogP contribution in [0.15, 0.2) is 90.1 Å². The van der Waals surface area contributed by atoms with Crippen molar-refractivity contribution in [2.24, 2.45) is 0 Å². The lowest BCUT2D eigenvalue weighted by Crippen LogP contribution is -2.23. The van der Waals surface area contributed by atoms with E-state index in [1.165, 1.54) is 10.8 Å². The number of fused-ring (bicyclic) bond motifs is 2. The Labute approximate surface area is 210 Å². The third-order valence-electron chi connectivity index (χ3n) is 6.28. The summed E-state index contributed by atoms with van der Waals surface area (Å²) in [7, 11) is 0. The number of hydrogen-bond acceptors (Lipinski definition) is 4. The van der Waals surface area contributed by atoms with Crippen LogP contribution < -0.4 is 10.1 Å². The van der Waals surface area contributed by atoms with Crippen molar-refractivity contribution in [3.63, 3.8) is 0 Å². The van der Waals surface area contributed by atoms with Crippen LogP contribution >= 0.6 is 0 Å². The number of carbonyl (C=O) groups is 1. The van der Waals surface area contributed by atoms with E-state index in [0.717, 1.165) is 46.2 Å². The second-order valence-corrected chi connectivity index (χ2v) is 8.73. The summed E-state index contributed by atoms with van der Waals surface area (Å²) < 4.78 is 13.9. The predicted octanol–water partition coefficient (Wildman–Crippen LogP) is 6.46. The van der Waals surface area contributed by atoms with Crippen LogP contribution in [0, 0.1) is 0 Å². The van der Waals surface area contributed by atoms with Crippen molar-refractivity contribution >= 4 is 33.2 Å². The summed E-state index contributed by atoms with van der Waals surface area (Å²) in [5.41, 5.74) is 4.59. The van der Waals surface area contributed by atoms with Gasteiger partial charge in [-0.2, -0.15) is 0 Å². The molecule has 0 aliphatic rings. The van der Waals surface area contributed by atoms with E-state index in [2.05, 4.69) is 46.7 Å². The number of aryl methyl sites for hydroxylation is 1. The topological polar surface area (TPSA) is 69.3 Å². The van der Waals surface area contributed by atoms with Crippen molar-refractivity contribution in [2.45, 2.75) is 26.8 Å². The van der Waals surface area contributed by atoms with Crippen molar-refractivity contribution in [3.05, 3.63) is 91.2 Å². The summed E-state index contributed by atoms with van der Waals surface area (Å²) in [6.07, 6.45) is 9.72. The number of aromatic nitrogens is 2. The van der Waals surface area contributed by atoms with Crippen LogP contribution in [0.1, 0.15) is 25.8 Å². The molecule has 0 saturated carbocycles. The van der Waals surface area contributed by atoms with Crippen molar-refractivity contribution in [2.75, 3.05) is 13.2 Å². The van der Waals surface area contributed by atoms with Gasteiger partial charge in [0.15, 0.2) is 0 Å². The number of hydrogen-bond donors (Lipinski definition) is 1. The Hall–Kier alpha value is -4.32.